The Kier molecular flexibility index (Phi) is 29.3. The lowest BCUT2D eigenvalue weighted by Gasteiger charge is -2.33. The lowest BCUT2D eigenvalue weighted by molar-refractivity contribution is -0.161. The molecule has 2 rings (SSSR count). The van der Waals surface area contributed by atoms with E-state index in [0.29, 0.717) is 0 Å². The Labute approximate surface area is 250 Å². The van der Waals surface area contributed by atoms with E-state index in [9.17, 15) is 39.0 Å². The van der Waals surface area contributed by atoms with E-state index >= 15 is 0 Å². The zero-order chi connectivity index (χ0) is 25.0. The smallest absolute Gasteiger partial charge is 0.318 e. The number of cyclic esters (lactones) is 2. The fourth-order valence-electron chi connectivity index (χ4n) is 4.82. The minimum atomic E-state index is -1.82. The van der Waals surface area contributed by atoms with Crippen LogP contribution in [0.5, 0.6) is 0 Å². The highest BCUT2D eigenvalue weighted by atomic mass is 16.6. The van der Waals surface area contributed by atoms with Gasteiger partial charge in [-0.2, -0.15) is 0 Å². The molecular formula is C32H60O9. The number of ketones is 2. The van der Waals surface area contributed by atoms with E-state index in [0.717, 1.165) is 19.4 Å². The molecule has 0 aromatic heterocycles. The SMILES string of the molecule is C.C.C.C.C.C.C.C.CC(=O)C(C(C)C(=O)O)C(C(=O)O)C(C(C)=O)C1C(=O)OC(=O)C1CC(C)c1ccccc1. The summed E-state index contributed by atoms with van der Waals surface area (Å²) in [6.07, 6.45) is 0.106. The van der Waals surface area contributed by atoms with Crippen LogP contribution in [0.3, 0.4) is 0 Å². The Hall–Kier alpha value is -3.36. The fourth-order valence-corrected chi connectivity index (χ4v) is 4.82. The molecule has 0 aliphatic carbocycles. The van der Waals surface area contributed by atoms with Crippen LogP contribution in [0.25, 0.3) is 0 Å². The van der Waals surface area contributed by atoms with Crippen LogP contribution in [0.2, 0.25) is 0 Å². The molecule has 1 aromatic rings. The second kappa shape index (κ2) is 22.3. The number of aliphatic carboxylic acids is 2. The molecule has 9 nitrogen and oxygen atoms in total. The molecule has 1 aliphatic rings. The van der Waals surface area contributed by atoms with Crippen molar-refractivity contribution >= 4 is 35.4 Å². The molecule has 0 spiro atoms. The Morgan fingerprint density at radius 3 is 1.56 bits per heavy atom. The number of hydrogen-bond donors (Lipinski definition) is 2. The molecule has 1 fully saturated rings. The predicted molar refractivity (Wildman–Crippen MR) is 168 cm³/mol. The van der Waals surface area contributed by atoms with E-state index in [4.69, 9.17) is 4.74 Å². The Bertz CT molecular complexity index is 955. The van der Waals surface area contributed by atoms with Crippen molar-refractivity contribution in [3.63, 3.8) is 0 Å². The lowest BCUT2D eigenvalue weighted by atomic mass is 9.65. The summed E-state index contributed by atoms with van der Waals surface area (Å²) < 4.78 is 4.81. The number of carbonyl (C=O) groups excluding carboxylic acids is 4. The van der Waals surface area contributed by atoms with Crippen molar-refractivity contribution in [3.05, 3.63) is 35.9 Å². The van der Waals surface area contributed by atoms with Crippen molar-refractivity contribution in [1.29, 1.82) is 0 Å². The van der Waals surface area contributed by atoms with Gasteiger partial charge in [0.1, 0.15) is 11.6 Å². The van der Waals surface area contributed by atoms with Crippen molar-refractivity contribution in [2.75, 3.05) is 0 Å². The minimum Gasteiger partial charge on any atom is -0.481 e. The fraction of sp³-hybridized carbons (Fsp3) is 0.625. The van der Waals surface area contributed by atoms with E-state index in [2.05, 4.69) is 0 Å². The quantitative estimate of drug-likeness (QED) is 0.199. The van der Waals surface area contributed by atoms with Gasteiger partial charge in [0, 0.05) is 11.8 Å². The van der Waals surface area contributed by atoms with Gasteiger partial charge in [0.05, 0.1) is 23.7 Å². The molecule has 0 amide bonds. The summed E-state index contributed by atoms with van der Waals surface area (Å²) in [5, 5.41) is 19.4. The Morgan fingerprint density at radius 2 is 1.20 bits per heavy atom. The monoisotopic (exact) mass is 588 g/mol. The van der Waals surface area contributed by atoms with Gasteiger partial charge in [0.25, 0.3) is 0 Å². The second-order valence-corrected chi connectivity index (χ2v) is 8.68. The van der Waals surface area contributed by atoms with Gasteiger partial charge in [0.15, 0.2) is 0 Å². The molecule has 7 unspecified atom stereocenters. The van der Waals surface area contributed by atoms with Gasteiger partial charge in [-0.3, -0.25) is 28.8 Å². The van der Waals surface area contributed by atoms with Crippen LogP contribution < -0.4 is 0 Å². The number of rotatable bonds is 11. The van der Waals surface area contributed by atoms with E-state index in [-0.39, 0.29) is 71.8 Å². The first-order valence-electron chi connectivity index (χ1n) is 10.6. The summed E-state index contributed by atoms with van der Waals surface area (Å²) in [5.41, 5.74) is 0.874. The normalized spacial score (nSPS) is 18.1. The summed E-state index contributed by atoms with van der Waals surface area (Å²) >= 11 is 0. The van der Waals surface area contributed by atoms with Crippen LogP contribution in [0.1, 0.15) is 105 Å². The van der Waals surface area contributed by atoms with Crippen LogP contribution >= 0.6 is 0 Å². The Morgan fingerprint density at radius 1 is 0.732 bits per heavy atom. The van der Waals surface area contributed by atoms with Gasteiger partial charge < -0.3 is 14.9 Å². The van der Waals surface area contributed by atoms with E-state index in [1.165, 1.54) is 6.92 Å². The molecule has 1 saturated heterocycles. The maximum absolute atomic E-state index is 12.7. The highest BCUT2D eigenvalue weighted by Crippen LogP contribution is 2.43. The molecule has 1 aromatic carbocycles. The van der Waals surface area contributed by atoms with Crippen molar-refractivity contribution < 1.29 is 43.7 Å². The molecule has 41 heavy (non-hydrogen) atoms. The van der Waals surface area contributed by atoms with Crippen molar-refractivity contribution in [2.45, 2.75) is 99.4 Å². The first-order chi connectivity index (χ1) is 15.4. The molecular weight excluding hydrogens is 528 g/mol. The topological polar surface area (TPSA) is 152 Å². The summed E-state index contributed by atoms with van der Waals surface area (Å²) in [6.45, 7) is 5.11. The minimum absolute atomic E-state index is 0. The van der Waals surface area contributed by atoms with E-state index < -0.39 is 71.0 Å². The number of esters is 2. The maximum atomic E-state index is 12.7. The van der Waals surface area contributed by atoms with Crippen LogP contribution in [-0.4, -0.2) is 45.7 Å². The molecule has 9 heteroatoms. The van der Waals surface area contributed by atoms with Crippen LogP contribution in [0.4, 0.5) is 0 Å². The zero-order valence-corrected chi connectivity index (χ0v) is 18.9. The van der Waals surface area contributed by atoms with Gasteiger partial charge in [0.2, 0.25) is 0 Å². The average Bonchev–Trinajstić information content (AvgIpc) is 3.00. The van der Waals surface area contributed by atoms with Crippen LogP contribution in [0, 0.1) is 35.5 Å². The average molecular weight is 589 g/mol. The predicted octanol–water partition coefficient (Wildman–Crippen LogP) is 7.42. The van der Waals surface area contributed by atoms with Crippen molar-refractivity contribution in [1.82, 2.24) is 0 Å². The summed E-state index contributed by atoms with van der Waals surface area (Å²) in [5.74, 6) is -15.6. The van der Waals surface area contributed by atoms with Gasteiger partial charge in [-0.05, 0) is 31.7 Å². The van der Waals surface area contributed by atoms with E-state index in [1.807, 2.05) is 37.3 Å². The van der Waals surface area contributed by atoms with Crippen LogP contribution in [-0.2, 0) is 33.5 Å². The summed E-state index contributed by atoms with van der Waals surface area (Å²) in [4.78, 5) is 74.2. The van der Waals surface area contributed by atoms with E-state index in [1.54, 1.807) is 0 Å². The number of Topliss-reactive ketones (excluding diaryl/α,β-unsaturated/α-hetero) is 2. The first-order valence-corrected chi connectivity index (χ1v) is 10.6. The number of ether oxygens (including phenoxy) is 1. The molecule has 2 N–H and O–H groups in total. The van der Waals surface area contributed by atoms with Crippen LogP contribution in [0.15, 0.2) is 30.3 Å². The molecule has 0 saturated carbocycles. The van der Waals surface area contributed by atoms with Crippen molar-refractivity contribution in [2.24, 2.45) is 35.5 Å². The number of hydrogen-bond acceptors (Lipinski definition) is 7. The third kappa shape index (κ3) is 12.0. The zero-order valence-electron chi connectivity index (χ0n) is 18.9. The lowest BCUT2D eigenvalue weighted by Crippen LogP contribution is -2.47. The largest absolute Gasteiger partial charge is 0.481 e. The third-order valence-corrected chi connectivity index (χ3v) is 6.50. The van der Waals surface area contributed by atoms with Gasteiger partial charge in [-0.15, -0.1) is 0 Å². The Balaban J connectivity index is -0.000000289. The maximum Gasteiger partial charge on any atom is 0.318 e. The standard InChI is InChI=1S/C24H28O9.8CH4/c1-11(15-8-6-5-7-9-15)10-16-19(24(32)33-23(16)31)18(14(4)26)20(22(29)30)17(13(3)25)12(2)21(27)28;;;;;;;;/h5-9,11-12,16-20H,10H2,1-4H3,(H,27,28)(H,29,30);8*1H4. The molecule has 242 valence electrons. The molecule has 1 heterocycles. The molecule has 1 aliphatic heterocycles. The van der Waals surface area contributed by atoms with Gasteiger partial charge >= 0.3 is 23.9 Å². The molecule has 0 radical (unpaired) electrons. The summed E-state index contributed by atoms with van der Waals surface area (Å²) in [6, 6.07) is 9.12. The number of carbonyl (C=O) groups is 6. The first kappa shape index (κ1) is 53.8. The third-order valence-electron chi connectivity index (χ3n) is 6.50. The summed E-state index contributed by atoms with van der Waals surface area (Å²) in [7, 11) is 0. The molecule has 7 atom stereocenters. The number of carboxylic acid groups (broad SMARTS) is 2. The van der Waals surface area contributed by atoms with Gasteiger partial charge in [-0.1, -0.05) is 104 Å². The molecule has 0 bridgehead atoms. The van der Waals surface area contributed by atoms with Gasteiger partial charge in [-0.25, -0.2) is 0 Å². The highest BCUT2D eigenvalue weighted by Gasteiger charge is 2.56. The number of benzene rings is 1. The van der Waals surface area contributed by atoms with Crippen molar-refractivity contribution in [3.8, 4) is 0 Å². The second-order valence-electron chi connectivity index (χ2n) is 8.68. The highest BCUT2D eigenvalue weighted by molar-refractivity contribution is 6.01. The number of carboxylic acids is 2.